The quantitative estimate of drug-likeness (QED) is 0.744. The van der Waals surface area contributed by atoms with Crippen LogP contribution in [0.5, 0.6) is 0 Å². The molecule has 2 rings (SSSR count). The van der Waals surface area contributed by atoms with Crippen molar-refractivity contribution in [3.05, 3.63) is 36.0 Å². The molecule has 1 aromatic carbocycles. The molecule has 22 heavy (non-hydrogen) atoms. The van der Waals surface area contributed by atoms with Crippen molar-refractivity contribution >= 4 is 16.8 Å². The van der Waals surface area contributed by atoms with E-state index in [1.807, 2.05) is 6.07 Å². The molecule has 0 aliphatic rings. The molecule has 1 amide bonds. The maximum Gasteiger partial charge on any atom is 0.220 e. The summed E-state index contributed by atoms with van der Waals surface area (Å²) in [6.07, 6.45) is 6.73. The molecule has 0 saturated carbocycles. The van der Waals surface area contributed by atoms with Crippen molar-refractivity contribution in [3.8, 4) is 0 Å². The normalized spacial score (nSPS) is 12.7. The smallest absolute Gasteiger partial charge is 0.220 e. The number of fused-ring (bicyclic) bond motifs is 1. The van der Waals surface area contributed by atoms with Gasteiger partial charge in [0, 0.05) is 29.6 Å². The molecule has 0 saturated heterocycles. The summed E-state index contributed by atoms with van der Waals surface area (Å²) < 4.78 is 0. The van der Waals surface area contributed by atoms with Crippen molar-refractivity contribution in [2.45, 2.75) is 58.9 Å². The molecular weight excluding hydrogens is 272 g/mol. The largest absolute Gasteiger partial charge is 0.361 e. The van der Waals surface area contributed by atoms with Crippen molar-refractivity contribution < 1.29 is 4.79 Å². The van der Waals surface area contributed by atoms with Gasteiger partial charge in [-0.3, -0.25) is 4.79 Å². The Balaban J connectivity index is 1.73. The van der Waals surface area contributed by atoms with Gasteiger partial charge >= 0.3 is 0 Å². The van der Waals surface area contributed by atoms with E-state index in [-0.39, 0.29) is 11.9 Å². The monoisotopic (exact) mass is 300 g/mol. The molecule has 2 N–H and O–H groups in total. The standard InChI is InChI=1S/C19H28N2O/c1-14(2)11-12-15(3)21-19(22)10-6-7-16-13-20-18-9-5-4-8-17(16)18/h4-5,8-9,13-15,20H,6-7,10-12H2,1-3H3,(H,21,22). The maximum absolute atomic E-state index is 12.0. The van der Waals surface area contributed by atoms with E-state index >= 15 is 0 Å². The van der Waals surface area contributed by atoms with Crippen LogP contribution >= 0.6 is 0 Å². The molecule has 0 bridgehead atoms. The number of benzene rings is 1. The lowest BCUT2D eigenvalue weighted by Crippen LogP contribution is -2.32. The fraction of sp³-hybridized carbons (Fsp3) is 0.526. The lowest BCUT2D eigenvalue weighted by atomic mass is 10.0. The lowest BCUT2D eigenvalue weighted by molar-refractivity contribution is -0.121. The van der Waals surface area contributed by atoms with Crippen LogP contribution in [0.4, 0.5) is 0 Å². The molecule has 3 nitrogen and oxygen atoms in total. The number of carbonyl (C=O) groups is 1. The summed E-state index contributed by atoms with van der Waals surface area (Å²) in [4.78, 5) is 15.3. The number of nitrogens with one attached hydrogen (secondary N) is 2. The Morgan fingerprint density at radius 2 is 1.95 bits per heavy atom. The summed E-state index contributed by atoms with van der Waals surface area (Å²) in [7, 11) is 0. The minimum Gasteiger partial charge on any atom is -0.361 e. The zero-order valence-electron chi connectivity index (χ0n) is 14.0. The van der Waals surface area contributed by atoms with Crippen LogP contribution in [0.1, 0.15) is 52.0 Å². The van der Waals surface area contributed by atoms with Gasteiger partial charge in [-0.15, -0.1) is 0 Å². The third-order valence-electron chi connectivity index (χ3n) is 4.11. The van der Waals surface area contributed by atoms with E-state index in [2.05, 4.69) is 55.5 Å². The van der Waals surface area contributed by atoms with Gasteiger partial charge in [-0.25, -0.2) is 0 Å². The van der Waals surface area contributed by atoms with E-state index < -0.39 is 0 Å². The summed E-state index contributed by atoms with van der Waals surface area (Å²) in [5, 5.41) is 4.38. The Labute approximate surface area is 133 Å². The molecule has 1 heterocycles. The average Bonchev–Trinajstić information content (AvgIpc) is 2.89. The molecule has 3 heteroatoms. The molecule has 0 spiro atoms. The molecule has 1 aromatic heterocycles. The topological polar surface area (TPSA) is 44.9 Å². The minimum absolute atomic E-state index is 0.177. The van der Waals surface area contributed by atoms with Crippen LogP contribution in [0.15, 0.2) is 30.5 Å². The first kappa shape index (κ1) is 16.6. The summed E-state index contributed by atoms with van der Waals surface area (Å²) >= 11 is 0. The first-order chi connectivity index (χ1) is 10.6. The van der Waals surface area contributed by atoms with E-state index in [1.54, 1.807) is 0 Å². The molecule has 0 fully saturated rings. The van der Waals surface area contributed by atoms with Gasteiger partial charge in [0.2, 0.25) is 5.91 Å². The van der Waals surface area contributed by atoms with Gasteiger partial charge in [0.05, 0.1) is 0 Å². The van der Waals surface area contributed by atoms with Gasteiger partial charge in [-0.1, -0.05) is 32.0 Å². The Morgan fingerprint density at radius 1 is 1.18 bits per heavy atom. The van der Waals surface area contributed by atoms with E-state index in [9.17, 15) is 4.79 Å². The predicted molar refractivity (Wildman–Crippen MR) is 92.9 cm³/mol. The SMILES string of the molecule is CC(C)CCC(C)NC(=O)CCCc1c[nH]c2ccccc12. The number of amides is 1. The number of carbonyl (C=O) groups excluding carboxylic acids is 1. The number of aromatic nitrogens is 1. The zero-order valence-corrected chi connectivity index (χ0v) is 14.0. The summed E-state index contributed by atoms with van der Waals surface area (Å²) in [5.74, 6) is 0.873. The highest BCUT2D eigenvalue weighted by Crippen LogP contribution is 2.19. The highest BCUT2D eigenvalue weighted by Gasteiger charge is 2.09. The number of hydrogen-bond donors (Lipinski definition) is 2. The zero-order chi connectivity index (χ0) is 15.9. The van der Waals surface area contributed by atoms with Crippen LogP contribution in [-0.4, -0.2) is 16.9 Å². The number of aryl methyl sites for hydroxylation is 1. The number of rotatable bonds is 8. The number of para-hydroxylation sites is 1. The Bertz CT molecular complexity index is 600. The fourth-order valence-electron chi connectivity index (χ4n) is 2.78. The van der Waals surface area contributed by atoms with E-state index in [4.69, 9.17) is 0 Å². The average molecular weight is 300 g/mol. The molecular formula is C19H28N2O. The Hall–Kier alpha value is -1.77. The molecule has 1 atom stereocenters. The lowest BCUT2D eigenvalue weighted by Gasteiger charge is -2.15. The first-order valence-electron chi connectivity index (χ1n) is 8.40. The van der Waals surface area contributed by atoms with Crippen LogP contribution in [0.3, 0.4) is 0 Å². The third-order valence-corrected chi connectivity index (χ3v) is 4.11. The van der Waals surface area contributed by atoms with Gasteiger partial charge in [-0.2, -0.15) is 0 Å². The summed E-state index contributed by atoms with van der Waals surface area (Å²) in [6, 6.07) is 8.59. The number of H-pyrrole nitrogens is 1. The number of aromatic amines is 1. The highest BCUT2D eigenvalue weighted by molar-refractivity contribution is 5.83. The van der Waals surface area contributed by atoms with Gasteiger partial charge < -0.3 is 10.3 Å². The maximum atomic E-state index is 12.0. The van der Waals surface area contributed by atoms with Crippen molar-refractivity contribution in [1.29, 1.82) is 0 Å². The van der Waals surface area contributed by atoms with E-state index in [1.165, 1.54) is 16.5 Å². The minimum atomic E-state index is 0.177. The van der Waals surface area contributed by atoms with Crippen LogP contribution < -0.4 is 5.32 Å². The molecule has 2 aromatic rings. The molecule has 0 radical (unpaired) electrons. The third kappa shape index (κ3) is 4.90. The molecule has 0 aliphatic carbocycles. The Kier molecular flexibility index (Phi) is 6.05. The van der Waals surface area contributed by atoms with Crippen molar-refractivity contribution in [3.63, 3.8) is 0 Å². The second-order valence-electron chi connectivity index (χ2n) is 6.65. The highest BCUT2D eigenvalue weighted by atomic mass is 16.1. The van der Waals surface area contributed by atoms with Gasteiger partial charge in [0.1, 0.15) is 0 Å². The second kappa shape index (κ2) is 8.02. The second-order valence-corrected chi connectivity index (χ2v) is 6.65. The van der Waals surface area contributed by atoms with Crippen LogP contribution in [0.2, 0.25) is 0 Å². The molecule has 120 valence electrons. The molecule has 0 aliphatic heterocycles. The van der Waals surface area contributed by atoms with Crippen molar-refractivity contribution in [2.75, 3.05) is 0 Å². The summed E-state index contributed by atoms with van der Waals surface area (Å²) in [5.41, 5.74) is 2.47. The van der Waals surface area contributed by atoms with Crippen LogP contribution in [0, 0.1) is 5.92 Å². The van der Waals surface area contributed by atoms with Crippen LogP contribution in [0.25, 0.3) is 10.9 Å². The molecule has 1 unspecified atom stereocenters. The fourth-order valence-corrected chi connectivity index (χ4v) is 2.78. The van der Waals surface area contributed by atoms with Crippen molar-refractivity contribution in [1.82, 2.24) is 10.3 Å². The summed E-state index contributed by atoms with van der Waals surface area (Å²) in [6.45, 7) is 6.53. The van der Waals surface area contributed by atoms with E-state index in [0.29, 0.717) is 12.3 Å². The van der Waals surface area contributed by atoms with Gasteiger partial charge in [0.25, 0.3) is 0 Å². The van der Waals surface area contributed by atoms with Gasteiger partial charge in [-0.05, 0) is 50.2 Å². The predicted octanol–water partition coefficient (Wildman–Crippen LogP) is 4.43. The Morgan fingerprint density at radius 3 is 2.73 bits per heavy atom. The van der Waals surface area contributed by atoms with Gasteiger partial charge in [0.15, 0.2) is 0 Å². The van der Waals surface area contributed by atoms with Crippen LogP contribution in [-0.2, 0) is 11.2 Å². The number of hydrogen-bond acceptors (Lipinski definition) is 1. The first-order valence-corrected chi connectivity index (χ1v) is 8.40. The van der Waals surface area contributed by atoms with Crippen molar-refractivity contribution in [2.24, 2.45) is 5.92 Å². The van der Waals surface area contributed by atoms with E-state index in [0.717, 1.165) is 25.7 Å².